The van der Waals surface area contributed by atoms with Gasteiger partial charge in [-0.25, -0.2) is 9.67 Å². The number of anilines is 1. The minimum Gasteiger partial charge on any atom is -0.497 e. The van der Waals surface area contributed by atoms with Crippen LogP contribution in [0.15, 0.2) is 95.9 Å². The van der Waals surface area contributed by atoms with Crippen LogP contribution in [0.25, 0.3) is 28.2 Å². The zero-order valence-corrected chi connectivity index (χ0v) is 19.5. The number of benzene rings is 3. The first-order valence-corrected chi connectivity index (χ1v) is 11.3. The number of methoxy groups -OCH3 is 1. The third-order valence-electron chi connectivity index (χ3n) is 5.70. The Morgan fingerprint density at radius 1 is 0.944 bits per heavy atom. The van der Waals surface area contributed by atoms with Crippen LogP contribution < -0.4 is 15.6 Å². The fourth-order valence-electron chi connectivity index (χ4n) is 3.89. The highest BCUT2D eigenvalue weighted by atomic mass is 16.5. The molecule has 0 atom stereocenters. The Morgan fingerprint density at radius 2 is 1.61 bits per heavy atom. The van der Waals surface area contributed by atoms with Gasteiger partial charge in [0.25, 0.3) is 5.56 Å². The van der Waals surface area contributed by atoms with Crippen molar-refractivity contribution in [3.05, 3.63) is 113 Å². The van der Waals surface area contributed by atoms with E-state index >= 15 is 0 Å². The van der Waals surface area contributed by atoms with E-state index in [2.05, 4.69) is 15.3 Å². The Balaban J connectivity index is 1.50. The van der Waals surface area contributed by atoms with Gasteiger partial charge in [0.1, 0.15) is 17.4 Å². The maximum atomic E-state index is 12.7. The van der Waals surface area contributed by atoms with Gasteiger partial charge in [0.2, 0.25) is 5.95 Å². The van der Waals surface area contributed by atoms with Gasteiger partial charge in [-0.15, -0.1) is 0 Å². The summed E-state index contributed by atoms with van der Waals surface area (Å²) in [6.45, 7) is 0.355. The topological polar surface area (TPSA) is 109 Å². The highest BCUT2D eigenvalue weighted by molar-refractivity contribution is 5.68. The van der Waals surface area contributed by atoms with Crippen molar-refractivity contribution in [2.24, 2.45) is 0 Å². The lowest BCUT2D eigenvalue weighted by molar-refractivity contribution is 0.415. The summed E-state index contributed by atoms with van der Waals surface area (Å²) in [5.74, 6) is 0.931. The fraction of sp³-hybridized carbons (Fsp3) is 0.0714. The Bertz CT molecular complexity index is 1580. The molecule has 0 bridgehead atoms. The van der Waals surface area contributed by atoms with E-state index < -0.39 is 5.56 Å². The van der Waals surface area contributed by atoms with Gasteiger partial charge < -0.3 is 10.1 Å². The third kappa shape index (κ3) is 4.58. The first kappa shape index (κ1) is 22.6. The van der Waals surface area contributed by atoms with Gasteiger partial charge in [0.05, 0.1) is 24.2 Å². The van der Waals surface area contributed by atoms with Crippen molar-refractivity contribution in [3.8, 4) is 40.0 Å². The van der Waals surface area contributed by atoms with Crippen LogP contribution in [-0.4, -0.2) is 26.9 Å². The highest BCUT2D eigenvalue weighted by Gasteiger charge is 2.16. The molecule has 0 aliphatic carbocycles. The maximum absolute atomic E-state index is 12.7. The molecule has 0 aliphatic heterocycles. The Hall–Kier alpha value is -5.16. The van der Waals surface area contributed by atoms with E-state index in [1.54, 1.807) is 31.4 Å². The lowest BCUT2D eigenvalue weighted by atomic mass is 10.1. The summed E-state index contributed by atoms with van der Waals surface area (Å²) < 4.78 is 7.04. The summed E-state index contributed by atoms with van der Waals surface area (Å²) in [6, 6.07) is 28.8. The van der Waals surface area contributed by atoms with Crippen LogP contribution in [0.5, 0.6) is 5.75 Å². The first-order valence-electron chi connectivity index (χ1n) is 11.3. The lowest BCUT2D eigenvalue weighted by Crippen LogP contribution is -2.17. The van der Waals surface area contributed by atoms with Crippen LogP contribution in [0.4, 0.5) is 5.95 Å². The number of nitriles is 1. The summed E-state index contributed by atoms with van der Waals surface area (Å²) in [6.07, 6.45) is 1.96. The average Bonchev–Trinajstić information content (AvgIpc) is 3.37. The Labute approximate surface area is 207 Å². The molecule has 0 saturated heterocycles. The van der Waals surface area contributed by atoms with Gasteiger partial charge in [-0.05, 0) is 36.4 Å². The van der Waals surface area contributed by atoms with Crippen LogP contribution in [-0.2, 0) is 6.54 Å². The zero-order chi connectivity index (χ0) is 24.9. The normalized spacial score (nSPS) is 10.6. The average molecular weight is 475 g/mol. The van der Waals surface area contributed by atoms with Crippen LogP contribution >= 0.6 is 0 Å². The molecule has 8 heteroatoms. The molecule has 0 spiro atoms. The molecule has 176 valence electrons. The highest BCUT2D eigenvalue weighted by Crippen LogP contribution is 2.26. The Kier molecular flexibility index (Phi) is 6.28. The van der Waals surface area contributed by atoms with Gasteiger partial charge in [-0.2, -0.15) is 10.4 Å². The molecule has 0 saturated carbocycles. The van der Waals surface area contributed by atoms with Crippen LogP contribution in [0.2, 0.25) is 0 Å². The molecule has 5 rings (SSSR count). The molecule has 0 amide bonds. The molecule has 0 unspecified atom stereocenters. The number of para-hydroxylation sites is 1. The monoisotopic (exact) mass is 474 g/mol. The van der Waals surface area contributed by atoms with Gasteiger partial charge >= 0.3 is 0 Å². The van der Waals surface area contributed by atoms with Crippen molar-refractivity contribution < 1.29 is 4.74 Å². The van der Waals surface area contributed by atoms with Crippen molar-refractivity contribution in [3.63, 3.8) is 0 Å². The van der Waals surface area contributed by atoms with E-state index in [0.717, 1.165) is 22.5 Å². The maximum Gasteiger partial charge on any atom is 0.270 e. The van der Waals surface area contributed by atoms with Gasteiger partial charge in [0, 0.05) is 29.4 Å². The van der Waals surface area contributed by atoms with Crippen molar-refractivity contribution in [2.45, 2.75) is 6.54 Å². The standard InChI is InChI=1S/C28H22N6O2/c1-36-23-14-12-20(13-15-23)26-24(16-29)27(35)32-28(31-26)30-17-21-18-34(22-10-6-3-7-11-22)33-25(21)19-8-4-2-5-9-19/h2-15,18H,17H2,1H3,(H2,30,31,32,35). The predicted molar refractivity (Wildman–Crippen MR) is 138 cm³/mol. The quantitative estimate of drug-likeness (QED) is 0.351. The largest absolute Gasteiger partial charge is 0.497 e. The summed E-state index contributed by atoms with van der Waals surface area (Å²) in [7, 11) is 1.58. The first-order chi connectivity index (χ1) is 17.7. The van der Waals surface area contributed by atoms with Crippen molar-refractivity contribution in [2.75, 3.05) is 12.4 Å². The summed E-state index contributed by atoms with van der Waals surface area (Å²) in [5, 5.41) is 17.6. The third-order valence-corrected chi connectivity index (χ3v) is 5.70. The van der Waals surface area contributed by atoms with Gasteiger partial charge in [-0.3, -0.25) is 9.78 Å². The number of hydrogen-bond acceptors (Lipinski definition) is 6. The Morgan fingerprint density at radius 3 is 2.28 bits per heavy atom. The number of H-pyrrole nitrogens is 1. The molecular weight excluding hydrogens is 452 g/mol. The van der Waals surface area contributed by atoms with Crippen molar-refractivity contribution in [1.82, 2.24) is 19.7 Å². The number of aromatic amines is 1. The molecule has 8 nitrogen and oxygen atoms in total. The molecule has 3 aromatic carbocycles. The number of ether oxygens (including phenoxy) is 1. The molecule has 2 N–H and O–H groups in total. The number of nitrogens with zero attached hydrogens (tertiary/aromatic N) is 4. The number of aromatic nitrogens is 4. The zero-order valence-electron chi connectivity index (χ0n) is 19.5. The number of rotatable bonds is 7. The second-order valence-corrected chi connectivity index (χ2v) is 7.98. The minimum atomic E-state index is -0.510. The number of nitrogens with one attached hydrogen (secondary N) is 2. The van der Waals surface area contributed by atoms with E-state index in [1.165, 1.54) is 0 Å². The van der Waals surface area contributed by atoms with E-state index in [0.29, 0.717) is 23.6 Å². The summed E-state index contributed by atoms with van der Waals surface area (Å²) in [4.78, 5) is 19.9. The summed E-state index contributed by atoms with van der Waals surface area (Å²) in [5.41, 5.74) is 4.04. The van der Waals surface area contributed by atoms with Crippen molar-refractivity contribution in [1.29, 1.82) is 5.26 Å². The SMILES string of the molecule is COc1ccc(-c2nc(NCc3cn(-c4ccccc4)nc3-c3ccccc3)[nH]c(=O)c2C#N)cc1. The minimum absolute atomic E-state index is 0.0485. The van der Waals surface area contributed by atoms with Crippen molar-refractivity contribution >= 4 is 5.95 Å². The molecule has 0 aliphatic rings. The fourth-order valence-corrected chi connectivity index (χ4v) is 3.89. The predicted octanol–water partition coefficient (Wildman–Crippen LogP) is 4.78. The summed E-state index contributed by atoms with van der Waals surface area (Å²) >= 11 is 0. The molecule has 36 heavy (non-hydrogen) atoms. The smallest absolute Gasteiger partial charge is 0.270 e. The molecular formula is C28H22N6O2. The molecule has 0 fully saturated rings. The lowest BCUT2D eigenvalue weighted by Gasteiger charge is -2.09. The van der Waals surface area contributed by atoms with E-state index in [4.69, 9.17) is 9.84 Å². The van der Waals surface area contributed by atoms with Crippen LogP contribution in [0, 0.1) is 11.3 Å². The van der Waals surface area contributed by atoms with E-state index in [-0.39, 0.29) is 11.5 Å². The molecule has 0 radical (unpaired) electrons. The second kappa shape index (κ2) is 9.99. The van der Waals surface area contributed by atoms with Gasteiger partial charge in [0.15, 0.2) is 0 Å². The molecule has 2 heterocycles. The van der Waals surface area contributed by atoms with Crippen LogP contribution in [0.1, 0.15) is 11.1 Å². The molecule has 5 aromatic rings. The van der Waals surface area contributed by atoms with Gasteiger partial charge in [-0.1, -0.05) is 48.5 Å². The number of hydrogen-bond donors (Lipinski definition) is 2. The van der Waals surface area contributed by atoms with Crippen LogP contribution in [0.3, 0.4) is 0 Å². The second-order valence-electron chi connectivity index (χ2n) is 7.98. The van der Waals surface area contributed by atoms with E-state index in [1.807, 2.05) is 77.6 Å². The molecule has 2 aromatic heterocycles. The van der Waals surface area contributed by atoms with E-state index in [9.17, 15) is 10.1 Å².